The van der Waals surface area contributed by atoms with E-state index in [2.05, 4.69) is 35.0 Å². The van der Waals surface area contributed by atoms with Crippen LogP contribution in [0, 0.1) is 0 Å². The fourth-order valence-electron chi connectivity index (χ4n) is 3.72. The summed E-state index contributed by atoms with van der Waals surface area (Å²) < 4.78 is 0. The van der Waals surface area contributed by atoms with Crippen molar-refractivity contribution in [3.8, 4) is 11.1 Å². The molecule has 0 N–H and O–H groups in total. The number of likely N-dealkylation sites (N-methyl/N-ethyl adjacent to an activating group) is 1. The smallest absolute Gasteiger partial charge is 0.0706 e. The molecule has 0 unspecified atom stereocenters. The van der Waals surface area contributed by atoms with Gasteiger partial charge < -0.3 is 4.90 Å². The van der Waals surface area contributed by atoms with Crippen LogP contribution in [0.25, 0.3) is 22.0 Å². The highest BCUT2D eigenvalue weighted by atomic mass is 35.5. The van der Waals surface area contributed by atoms with Crippen molar-refractivity contribution < 1.29 is 0 Å². The Kier molecular flexibility index (Phi) is 5.65. The van der Waals surface area contributed by atoms with Crippen LogP contribution < -0.4 is 0 Å². The van der Waals surface area contributed by atoms with Gasteiger partial charge in [0.05, 0.1) is 11.2 Å². The van der Waals surface area contributed by atoms with Gasteiger partial charge in [-0.15, -0.1) is 0 Å². The molecule has 1 aliphatic rings. The summed E-state index contributed by atoms with van der Waals surface area (Å²) >= 11 is 13.1. The number of halogens is 2. The SMILES string of the molecule is CN1CCCN(Cc2nc3ccccc3cc2-c2c(Cl)cccc2Cl)CC1. The van der Waals surface area contributed by atoms with Crippen molar-refractivity contribution in [3.63, 3.8) is 0 Å². The lowest BCUT2D eigenvalue weighted by atomic mass is 10.0. The maximum absolute atomic E-state index is 6.54. The van der Waals surface area contributed by atoms with E-state index in [4.69, 9.17) is 28.2 Å². The third-order valence-corrected chi connectivity index (χ3v) is 5.85. The van der Waals surface area contributed by atoms with Crippen molar-refractivity contribution in [1.29, 1.82) is 0 Å². The summed E-state index contributed by atoms with van der Waals surface area (Å²) in [6.45, 7) is 5.14. The van der Waals surface area contributed by atoms with E-state index in [9.17, 15) is 0 Å². The van der Waals surface area contributed by atoms with Gasteiger partial charge in [-0.05, 0) is 50.8 Å². The Morgan fingerprint density at radius 3 is 2.52 bits per heavy atom. The Bertz CT molecular complexity index is 937. The Morgan fingerprint density at radius 1 is 0.926 bits per heavy atom. The number of hydrogen-bond acceptors (Lipinski definition) is 3. The number of pyridine rings is 1. The molecule has 1 fully saturated rings. The molecule has 3 nitrogen and oxygen atoms in total. The van der Waals surface area contributed by atoms with Crippen LogP contribution >= 0.6 is 23.2 Å². The van der Waals surface area contributed by atoms with Crippen LogP contribution in [0.1, 0.15) is 12.1 Å². The zero-order valence-electron chi connectivity index (χ0n) is 15.5. The van der Waals surface area contributed by atoms with Crippen molar-refractivity contribution in [2.75, 3.05) is 33.2 Å². The summed E-state index contributed by atoms with van der Waals surface area (Å²) in [6, 6.07) is 16.1. The number of hydrogen-bond donors (Lipinski definition) is 0. The predicted molar refractivity (Wildman–Crippen MR) is 115 cm³/mol. The topological polar surface area (TPSA) is 19.4 Å². The number of fused-ring (bicyclic) bond motifs is 1. The van der Waals surface area contributed by atoms with E-state index >= 15 is 0 Å². The third kappa shape index (κ3) is 4.12. The predicted octanol–water partition coefficient (Wildman–Crippen LogP) is 5.35. The lowest BCUT2D eigenvalue weighted by molar-refractivity contribution is 0.267. The first-order chi connectivity index (χ1) is 13.1. The summed E-state index contributed by atoms with van der Waals surface area (Å²) in [5.41, 5.74) is 3.95. The largest absolute Gasteiger partial charge is 0.305 e. The molecule has 0 atom stereocenters. The van der Waals surface area contributed by atoms with Gasteiger partial charge >= 0.3 is 0 Å². The molecule has 27 heavy (non-hydrogen) atoms. The summed E-state index contributed by atoms with van der Waals surface area (Å²) in [4.78, 5) is 9.87. The Hall–Kier alpha value is -1.65. The van der Waals surface area contributed by atoms with Crippen LogP contribution in [0.5, 0.6) is 0 Å². The monoisotopic (exact) mass is 399 g/mol. The molecular weight excluding hydrogens is 377 g/mol. The van der Waals surface area contributed by atoms with Crippen LogP contribution in [-0.2, 0) is 6.54 Å². The summed E-state index contributed by atoms with van der Waals surface area (Å²) in [5, 5.41) is 2.43. The number of benzene rings is 2. The highest BCUT2D eigenvalue weighted by molar-refractivity contribution is 6.39. The third-order valence-electron chi connectivity index (χ3n) is 5.22. The lowest BCUT2D eigenvalue weighted by Crippen LogP contribution is -2.29. The zero-order chi connectivity index (χ0) is 18.8. The molecule has 2 aromatic carbocycles. The molecule has 0 saturated carbocycles. The Morgan fingerprint density at radius 2 is 1.70 bits per heavy atom. The van der Waals surface area contributed by atoms with Crippen molar-refractivity contribution in [3.05, 3.63) is 64.3 Å². The highest BCUT2D eigenvalue weighted by Crippen LogP contribution is 2.37. The highest BCUT2D eigenvalue weighted by Gasteiger charge is 2.19. The molecule has 4 rings (SSSR count). The molecule has 0 spiro atoms. The molecular formula is C22H23Cl2N3. The summed E-state index contributed by atoms with van der Waals surface area (Å²) in [5.74, 6) is 0. The van der Waals surface area contributed by atoms with Gasteiger partial charge in [-0.1, -0.05) is 47.5 Å². The zero-order valence-corrected chi connectivity index (χ0v) is 17.0. The van der Waals surface area contributed by atoms with Crippen molar-refractivity contribution >= 4 is 34.1 Å². The molecule has 140 valence electrons. The first-order valence-electron chi connectivity index (χ1n) is 9.36. The van der Waals surface area contributed by atoms with Crippen molar-refractivity contribution in [1.82, 2.24) is 14.8 Å². The second kappa shape index (κ2) is 8.15. The van der Waals surface area contributed by atoms with Crippen LogP contribution in [0.2, 0.25) is 10.0 Å². The molecule has 2 heterocycles. The van der Waals surface area contributed by atoms with Gasteiger partial charge in [0.1, 0.15) is 0 Å². The molecule has 1 aliphatic heterocycles. The first kappa shape index (κ1) is 18.7. The minimum atomic E-state index is 0.663. The Balaban J connectivity index is 1.80. The minimum Gasteiger partial charge on any atom is -0.305 e. The molecule has 5 heteroatoms. The normalized spacial score (nSPS) is 16.6. The maximum Gasteiger partial charge on any atom is 0.0706 e. The average molecular weight is 400 g/mol. The fourth-order valence-corrected chi connectivity index (χ4v) is 4.32. The summed E-state index contributed by atoms with van der Waals surface area (Å²) in [6.07, 6.45) is 1.17. The second-order valence-corrected chi connectivity index (χ2v) is 8.02. The lowest BCUT2D eigenvalue weighted by Gasteiger charge is -2.22. The van der Waals surface area contributed by atoms with Gasteiger partial charge in [0.15, 0.2) is 0 Å². The molecule has 1 saturated heterocycles. The van der Waals surface area contributed by atoms with Crippen molar-refractivity contribution in [2.45, 2.75) is 13.0 Å². The van der Waals surface area contributed by atoms with Crippen LogP contribution in [0.4, 0.5) is 0 Å². The van der Waals surface area contributed by atoms with Crippen LogP contribution in [0.15, 0.2) is 48.5 Å². The van der Waals surface area contributed by atoms with Crippen molar-refractivity contribution in [2.24, 2.45) is 0 Å². The van der Waals surface area contributed by atoms with Gasteiger partial charge in [-0.3, -0.25) is 9.88 Å². The molecule has 1 aromatic heterocycles. The number of rotatable bonds is 3. The Labute approximate surface area is 170 Å². The maximum atomic E-state index is 6.54. The number of nitrogens with zero attached hydrogens (tertiary/aromatic N) is 3. The van der Waals surface area contributed by atoms with Gasteiger partial charge in [0.2, 0.25) is 0 Å². The van der Waals surface area contributed by atoms with E-state index in [0.717, 1.165) is 60.4 Å². The second-order valence-electron chi connectivity index (χ2n) is 7.20. The van der Waals surface area contributed by atoms with Gasteiger partial charge in [-0.25, -0.2) is 0 Å². The summed E-state index contributed by atoms with van der Waals surface area (Å²) in [7, 11) is 2.19. The minimum absolute atomic E-state index is 0.663. The number of para-hydroxylation sites is 1. The number of aromatic nitrogens is 1. The molecule has 3 aromatic rings. The van der Waals surface area contributed by atoms with Gasteiger partial charge in [0, 0.05) is 46.2 Å². The van der Waals surface area contributed by atoms with E-state index in [-0.39, 0.29) is 0 Å². The average Bonchev–Trinajstić information content (AvgIpc) is 2.86. The van der Waals surface area contributed by atoms with E-state index in [1.165, 1.54) is 6.42 Å². The van der Waals surface area contributed by atoms with Crippen LogP contribution in [0.3, 0.4) is 0 Å². The van der Waals surface area contributed by atoms with Gasteiger partial charge in [-0.2, -0.15) is 0 Å². The van der Waals surface area contributed by atoms with Crippen LogP contribution in [-0.4, -0.2) is 48.0 Å². The molecule has 0 radical (unpaired) electrons. The molecule has 0 amide bonds. The first-order valence-corrected chi connectivity index (χ1v) is 10.1. The van der Waals surface area contributed by atoms with E-state index in [1.54, 1.807) is 0 Å². The standard InChI is InChI=1S/C22H23Cl2N3/c1-26-10-5-11-27(13-12-26)15-21-17(22-18(23)7-4-8-19(22)24)14-16-6-2-3-9-20(16)25-21/h2-4,6-9,14H,5,10-13,15H2,1H3. The molecule has 0 bridgehead atoms. The van der Waals surface area contributed by atoms with Gasteiger partial charge in [0.25, 0.3) is 0 Å². The van der Waals surface area contributed by atoms with E-state index in [1.807, 2.05) is 30.3 Å². The van der Waals surface area contributed by atoms with E-state index < -0.39 is 0 Å². The quantitative estimate of drug-likeness (QED) is 0.591. The van der Waals surface area contributed by atoms with E-state index in [0.29, 0.717) is 10.0 Å². The molecule has 0 aliphatic carbocycles. The fraction of sp³-hybridized carbons (Fsp3) is 0.318.